The maximum Gasteiger partial charge on any atom is 0.137 e. The van der Waals surface area contributed by atoms with Crippen molar-refractivity contribution >= 4 is 71.3 Å². The minimum absolute atomic E-state index is 0.881. The maximum atomic E-state index is 6.48. The molecule has 0 saturated heterocycles. The van der Waals surface area contributed by atoms with E-state index in [4.69, 9.17) is 4.42 Å². The van der Waals surface area contributed by atoms with Gasteiger partial charge in [-0.25, -0.2) is 0 Å². The van der Waals surface area contributed by atoms with Gasteiger partial charge in [0.1, 0.15) is 11.2 Å². The van der Waals surface area contributed by atoms with E-state index in [0.29, 0.717) is 0 Å². The monoisotopic (exact) mass is 561 g/mol. The average Bonchev–Trinajstić information content (AvgIpc) is 3.45. The highest BCUT2D eigenvalue weighted by atomic mass is 16.3. The van der Waals surface area contributed by atoms with Crippen molar-refractivity contribution in [1.29, 1.82) is 0 Å². The Hall–Kier alpha value is -5.86. The largest absolute Gasteiger partial charge is 0.456 e. The number of furan rings is 1. The van der Waals surface area contributed by atoms with Crippen molar-refractivity contribution in [3.8, 4) is 11.1 Å². The number of benzene rings is 8. The molecule has 0 saturated carbocycles. The van der Waals surface area contributed by atoms with E-state index >= 15 is 0 Å². The summed E-state index contributed by atoms with van der Waals surface area (Å²) in [4.78, 5) is 2.37. The van der Waals surface area contributed by atoms with Crippen molar-refractivity contribution in [3.63, 3.8) is 0 Å². The highest BCUT2D eigenvalue weighted by molar-refractivity contribution is 6.16. The fourth-order valence-corrected chi connectivity index (χ4v) is 6.69. The van der Waals surface area contributed by atoms with E-state index in [2.05, 4.69) is 169 Å². The molecular weight excluding hydrogens is 534 g/mol. The van der Waals surface area contributed by atoms with Gasteiger partial charge in [-0.2, -0.15) is 0 Å². The van der Waals surface area contributed by atoms with E-state index in [-0.39, 0.29) is 0 Å². The van der Waals surface area contributed by atoms with Gasteiger partial charge in [0.25, 0.3) is 0 Å². The Bertz CT molecular complexity index is 2500. The molecule has 0 aliphatic rings. The van der Waals surface area contributed by atoms with E-state index in [1.807, 2.05) is 0 Å². The van der Waals surface area contributed by atoms with Crippen molar-refractivity contribution < 1.29 is 4.42 Å². The van der Waals surface area contributed by atoms with E-state index in [1.54, 1.807) is 0 Å². The molecule has 0 N–H and O–H groups in total. The molecule has 9 aromatic rings. The zero-order chi connectivity index (χ0) is 29.0. The first kappa shape index (κ1) is 24.7. The van der Waals surface area contributed by atoms with Crippen molar-refractivity contribution in [1.82, 2.24) is 0 Å². The third-order valence-corrected chi connectivity index (χ3v) is 8.80. The molecule has 0 amide bonds. The SMILES string of the molecule is c1ccc2cc(N(c3ccc(-c4cccc5ccccc45)cc3)c3cccc4oc5cc6ccccc6cc5c34)ccc2c1. The first-order chi connectivity index (χ1) is 21.8. The Morgan fingerprint density at radius 3 is 1.84 bits per heavy atom. The number of hydrogen-bond acceptors (Lipinski definition) is 2. The summed E-state index contributed by atoms with van der Waals surface area (Å²) in [6, 6.07) is 58.6. The smallest absolute Gasteiger partial charge is 0.137 e. The van der Waals surface area contributed by atoms with Gasteiger partial charge in [-0.3, -0.25) is 0 Å². The predicted octanol–water partition coefficient (Wildman–Crippen LogP) is 12.2. The van der Waals surface area contributed by atoms with Crippen LogP contribution in [0.1, 0.15) is 0 Å². The van der Waals surface area contributed by atoms with Gasteiger partial charge in [0.15, 0.2) is 0 Å². The molecule has 1 aromatic heterocycles. The molecular formula is C42H27NO. The highest BCUT2D eigenvalue weighted by Gasteiger charge is 2.20. The van der Waals surface area contributed by atoms with Crippen molar-refractivity contribution in [2.24, 2.45) is 0 Å². The van der Waals surface area contributed by atoms with E-state index in [9.17, 15) is 0 Å². The summed E-state index contributed by atoms with van der Waals surface area (Å²) in [5, 5.41) is 9.55. The first-order valence-corrected chi connectivity index (χ1v) is 15.0. The number of hydrogen-bond donors (Lipinski definition) is 0. The molecule has 0 atom stereocenters. The van der Waals surface area contributed by atoms with E-state index in [1.165, 1.54) is 43.4 Å². The quantitative estimate of drug-likeness (QED) is 0.212. The van der Waals surface area contributed by atoms with Crippen molar-refractivity contribution in [2.75, 3.05) is 4.90 Å². The van der Waals surface area contributed by atoms with Gasteiger partial charge in [-0.1, -0.05) is 115 Å². The number of nitrogens with zero attached hydrogens (tertiary/aromatic N) is 1. The third-order valence-electron chi connectivity index (χ3n) is 8.80. The van der Waals surface area contributed by atoms with Gasteiger partial charge in [0.2, 0.25) is 0 Å². The molecule has 0 fully saturated rings. The molecule has 2 heteroatoms. The molecule has 0 spiro atoms. The summed E-state index contributed by atoms with van der Waals surface area (Å²) < 4.78 is 6.48. The van der Waals surface area contributed by atoms with Gasteiger partial charge < -0.3 is 9.32 Å². The molecule has 0 aliphatic carbocycles. The minimum atomic E-state index is 0.881. The first-order valence-electron chi connectivity index (χ1n) is 15.0. The lowest BCUT2D eigenvalue weighted by Crippen LogP contribution is -2.10. The summed E-state index contributed by atoms with van der Waals surface area (Å²) in [5.74, 6) is 0. The van der Waals surface area contributed by atoms with Gasteiger partial charge in [0.05, 0.1) is 11.1 Å². The molecule has 206 valence electrons. The summed E-state index contributed by atoms with van der Waals surface area (Å²) in [5.41, 5.74) is 7.49. The molecule has 2 nitrogen and oxygen atoms in total. The van der Waals surface area contributed by atoms with E-state index in [0.717, 1.165) is 39.0 Å². The van der Waals surface area contributed by atoms with Gasteiger partial charge in [-0.05, 0) is 92.0 Å². The molecule has 0 radical (unpaired) electrons. The Morgan fingerprint density at radius 2 is 1.02 bits per heavy atom. The van der Waals surface area contributed by atoms with Crippen LogP contribution in [0.25, 0.3) is 65.4 Å². The molecule has 44 heavy (non-hydrogen) atoms. The summed E-state index contributed by atoms with van der Waals surface area (Å²) in [6.45, 7) is 0. The second-order valence-corrected chi connectivity index (χ2v) is 11.4. The fraction of sp³-hybridized carbons (Fsp3) is 0. The van der Waals surface area contributed by atoms with Crippen LogP contribution < -0.4 is 4.90 Å². The van der Waals surface area contributed by atoms with E-state index < -0.39 is 0 Å². The lowest BCUT2D eigenvalue weighted by atomic mass is 9.98. The second kappa shape index (κ2) is 9.86. The standard InChI is InChI=1S/C42H27NO/c1-2-11-31-25-35(24-19-28(31)9-1)43(34-22-20-30(21-23-34)37-16-7-14-29-10-5-6-15-36(29)37)39-17-8-18-40-42(39)38-26-32-12-3-4-13-33(32)27-41(38)44-40/h1-27H. The molecule has 9 rings (SSSR count). The molecule has 1 heterocycles. The van der Waals surface area contributed by atoms with Crippen molar-refractivity contribution in [2.45, 2.75) is 0 Å². The highest BCUT2D eigenvalue weighted by Crippen LogP contribution is 2.44. The Balaban J connectivity index is 1.27. The van der Waals surface area contributed by atoms with Crippen LogP contribution in [0.2, 0.25) is 0 Å². The lowest BCUT2D eigenvalue weighted by molar-refractivity contribution is 0.669. The van der Waals surface area contributed by atoms with Crippen LogP contribution in [0.5, 0.6) is 0 Å². The predicted molar refractivity (Wildman–Crippen MR) is 186 cm³/mol. The zero-order valence-electron chi connectivity index (χ0n) is 23.9. The molecule has 0 unspecified atom stereocenters. The van der Waals surface area contributed by atoms with Crippen molar-refractivity contribution in [3.05, 3.63) is 164 Å². The van der Waals surface area contributed by atoms with Crippen LogP contribution in [0.15, 0.2) is 168 Å². The third kappa shape index (κ3) is 3.96. The van der Waals surface area contributed by atoms with Gasteiger partial charge >= 0.3 is 0 Å². The minimum Gasteiger partial charge on any atom is -0.456 e. The summed E-state index contributed by atoms with van der Waals surface area (Å²) >= 11 is 0. The van der Waals surface area contributed by atoms with Gasteiger partial charge in [-0.15, -0.1) is 0 Å². The van der Waals surface area contributed by atoms with Crippen LogP contribution >= 0.6 is 0 Å². The second-order valence-electron chi connectivity index (χ2n) is 11.4. The summed E-state index contributed by atoms with van der Waals surface area (Å²) in [7, 11) is 0. The molecule has 8 aromatic carbocycles. The Kier molecular flexibility index (Phi) is 5.54. The number of rotatable bonds is 4. The molecule has 0 aliphatic heterocycles. The average molecular weight is 562 g/mol. The lowest BCUT2D eigenvalue weighted by Gasteiger charge is -2.27. The zero-order valence-corrected chi connectivity index (χ0v) is 23.9. The van der Waals surface area contributed by atoms with Gasteiger partial charge in [0, 0.05) is 16.8 Å². The Labute approximate surface area is 255 Å². The van der Waals surface area contributed by atoms with Crippen LogP contribution in [0, 0.1) is 0 Å². The topological polar surface area (TPSA) is 16.4 Å². The fourth-order valence-electron chi connectivity index (χ4n) is 6.69. The van der Waals surface area contributed by atoms with Crippen LogP contribution in [-0.2, 0) is 0 Å². The van der Waals surface area contributed by atoms with Crippen LogP contribution in [0.4, 0.5) is 17.1 Å². The molecule has 0 bridgehead atoms. The van der Waals surface area contributed by atoms with Crippen LogP contribution in [-0.4, -0.2) is 0 Å². The Morgan fingerprint density at radius 1 is 0.386 bits per heavy atom. The summed E-state index contributed by atoms with van der Waals surface area (Å²) in [6.07, 6.45) is 0. The normalized spacial score (nSPS) is 11.6. The number of fused-ring (bicyclic) bond motifs is 6. The number of anilines is 3. The van der Waals surface area contributed by atoms with Crippen LogP contribution in [0.3, 0.4) is 0 Å². The maximum absolute atomic E-state index is 6.48.